The van der Waals surface area contributed by atoms with Crippen molar-refractivity contribution in [3.8, 4) is 0 Å². The SMILES string of the molecule is CCC=C(C)C.[B]C/C=C(\C)CCC=C(C)C. The molecule has 0 rings (SSSR count). The molecule has 0 aromatic rings. The van der Waals surface area contributed by atoms with Crippen LogP contribution in [0.5, 0.6) is 0 Å². The van der Waals surface area contributed by atoms with Crippen LogP contribution in [-0.4, -0.2) is 7.85 Å². The van der Waals surface area contributed by atoms with E-state index in [9.17, 15) is 0 Å². The maximum atomic E-state index is 5.37. The van der Waals surface area contributed by atoms with Crippen molar-refractivity contribution in [2.75, 3.05) is 0 Å². The summed E-state index contributed by atoms with van der Waals surface area (Å²) in [6, 6.07) is 0. The van der Waals surface area contributed by atoms with Gasteiger partial charge in [0.1, 0.15) is 0 Å². The highest BCUT2D eigenvalue weighted by Gasteiger charge is 1.86. The Balaban J connectivity index is 0. The molecule has 0 nitrogen and oxygen atoms in total. The summed E-state index contributed by atoms with van der Waals surface area (Å²) in [6.45, 7) is 12.8. The Morgan fingerprint density at radius 2 is 1.41 bits per heavy atom. The van der Waals surface area contributed by atoms with Crippen LogP contribution in [-0.2, 0) is 0 Å². The van der Waals surface area contributed by atoms with Crippen LogP contribution < -0.4 is 0 Å². The van der Waals surface area contributed by atoms with Gasteiger partial charge in [-0.1, -0.05) is 48.2 Å². The molecule has 0 fully saturated rings. The lowest BCUT2D eigenvalue weighted by molar-refractivity contribution is 0.963. The van der Waals surface area contributed by atoms with Gasteiger partial charge in [0.05, 0.1) is 7.85 Å². The second kappa shape index (κ2) is 13.4. The Labute approximate surface area is 110 Å². The summed E-state index contributed by atoms with van der Waals surface area (Å²) in [7, 11) is 5.37. The van der Waals surface area contributed by atoms with Crippen molar-refractivity contribution in [2.45, 2.75) is 67.1 Å². The molecule has 0 aromatic heterocycles. The normalized spacial score (nSPS) is 10.1. The van der Waals surface area contributed by atoms with Crippen molar-refractivity contribution < 1.29 is 0 Å². The largest absolute Gasteiger partial charge is 0.0942 e. The first-order valence-corrected chi connectivity index (χ1v) is 6.56. The van der Waals surface area contributed by atoms with Crippen molar-refractivity contribution >= 4 is 7.85 Å². The maximum absolute atomic E-state index is 5.37. The van der Waals surface area contributed by atoms with Gasteiger partial charge in [-0.25, -0.2) is 0 Å². The van der Waals surface area contributed by atoms with Crippen LogP contribution in [0.2, 0.25) is 6.32 Å². The molecule has 96 valence electrons. The van der Waals surface area contributed by atoms with Crippen molar-refractivity contribution in [3.05, 3.63) is 34.9 Å². The van der Waals surface area contributed by atoms with Gasteiger partial charge in [-0.3, -0.25) is 0 Å². The summed E-state index contributed by atoms with van der Waals surface area (Å²) >= 11 is 0. The first-order valence-electron chi connectivity index (χ1n) is 6.56. The smallest absolute Gasteiger partial charge is 0.0708 e. The van der Waals surface area contributed by atoms with Crippen LogP contribution in [0.15, 0.2) is 34.9 Å². The van der Waals surface area contributed by atoms with Crippen LogP contribution in [0.3, 0.4) is 0 Å². The molecule has 0 aromatic carbocycles. The molecule has 0 spiro atoms. The molecule has 0 aliphatic rings. The van der Waals surface area contributed by atoms with Gasteiger partial charge in [-0.2, -0.15) is 0 Å². The van der Waals surface area contributed by atoms with Crippen molar-refractivity contribution in [3.63, 3.8) is 0 Å². The molecule has 2 radical (unpaired) electrons. The van der Waals surface area contributed by atoms with Gasteiger partial charge in [0.2, 0.25) is 0 Å². The van der Waals surface area contributed by atoms with Crippen LogP contribution in [0.4, 0.5) is 0 Å². The lowest BCUT2D eigenvalue weighted by atomic mass is 10.0. The Hall–Kier alpha value is -0.715. The average molecular weight is 232 g/mol. The molecular formula is C16H29B. The fourth-order valence-electron chi connectivity index (χ4n) is 1.30. The van der Waals surface area contributed by atoms with Crippen LogP contribution in [0, 0.1) is 0 Å². The molecule has 1 heteroatoms. The van der Waals surface area contributed by atoms with Gasteiger partial charge in [-0.15, -0.1) is 0 Å². The highest BCUT2D eigenvalue weighted by molar-refractivity contribution is 6.09. The summed E-state index contributed by atoms with van der Waals surface area (Å²) in [6.07, 6.45) is 10.7. The van der Waals surface area contributed by atoms with Crippen LogP contribution in [0.1, 0.15) is 60.8 Å². The predicted octanol–water partition coefficient (Wildman–Crippen LogP) is 5.63. The molecule has 0 aliphatic heterocycles. The lowest BCUT2D eigenvalue weighted by Gasteiger charge is -1.96. The number of hydrogen-bond acceptors (Lipinski definition) is 0. The van der Waals surface area contributed by atoms with Gasteiger partial charge in [0.25, 0.3) is 0 Å². The third-order valence-electron chi connectivity index (χ3n) is 2.17. The van der Waals surface area contributed by atoms with E-state index in [1.54, 1.807) is 0 Å². The van der Waals surface area contributed by atoms with E-state index in [1.165, 1.54) is 23.1 Å². The van der Waals surface area contributed by atoms with Gasteiger partial charge >= 0.3 is 0 Å². The standard InChI is InChI=1S/C10H17B.C6H12/c1-9(2)5-4-6-10(3)7-8-11;1-4-5-6(2)3/h5,7H,4,6,8H2,1-3H3;5H,4H2,1-3H3/b10-7+;. The molecule has 17 heavy (non-hydrogen) atoms. The molecule has 0 atom stereocenters. The van der Waals surface area contributed by atoms with E-state index in [2.05, 4.69) is 59.8 Å². The summed E-state index contributed by atoms with van der Waals surface area (Å²) < 4.78 is 0. The topological polar surface area (TPSA) is 0 Å². The fraction of sp³-hybridized carbons (Fsp3) is 0.625. The number of rotatable bonds is 5. The Bertz CT molecular complexity index is 249. The minimum absolute atomic E-state index is 0.667. The zero-order valence-corrected chi connectivity index (χ0v) is 12.6. The molecule has 0 saturated heterocycles. The monoisotopic (exact) mass is 232 g/mol. The maximum Gasteiger partial charge on any atom is 0.0708 e. The molecular weight excluding hydrogens is 203 g/mol. The zero-order valence-electron chi connectivity index (χ0n) is 12.6. The first-order chi connectivity index (χ1) is 7.93. The third-order valence-corrected chi connectivity index (χ3v) is 2.17. The third kappa shape index (κ3) is 21.2. The summed E-state index contributed by atoms with van der Waals surface area (Å²) in [5, 5.41) is 0. The molecule has 0 amide bonds. The predicted molar refractivity (Wildman–Crippen MR) is 82.7 cm³/mol. The lowest BCUT2D eigenvalue weighted by Crippen LogP contribution is -1.76. The van der Waals surface area contributed by atoms with E-state index < -0.39 is 0 Å². The Kier molecular flexibility index (Phi) is 14.6. The summed E-state index contributed by atoms with van der Waals surface area (Å²) in [5.41, 5.74) is 4.20. The van der Waals surface area contributed by atoms with Crippen LogP contribution >= 0.6 is 0 Å². The molecule has 0 heterocycles. The highest BCUT2D eigenvalue weighted by Crippen LogP contribution is 2.06. The van der Waals surface area contributed by atoms with Crippen molar-refractivity contribution in [2.24, 2.45) is 0 Å². The summed E-state index contributed by atoms with van der Waals surface area (Å²) in [4.78, 5) is 0. The second-order valence-corrected chi connectivity index (χ2v) is 4.80. The zero-order chi connectivity index (χ0) is 13.7. The van der Waals surface area contributed by atoms with E-state index >= 15 is 0 Å². The first kappa shape index (κ1) is 18.6. The van der Waals surface area contributed by atoms with Gasteiger partial charge in [-0.05, 0) is 53.9 Å². The van der Waals surface area contributed by atoms with Gasteiger partial charge < -0.3 is 0 Å². The Morgan fingerprint density at radius 3 is 1.71 bits per heavy atom. The molecule has 0 unspecified atom stereocenters. The second-order valence-electron chi connectivity index (χ2n) is 4.80. The fourth-order valence-corrected chi connectivity index (χ4v) is 1.30. The van der Waals surface area contributed by atoms with E-state index in [1.807, 2.05) is 0 Å². The van der Waals surface area contributed by atoms with Crippen molar-refractivity contribution in [1.29, 1.82) is 0 Å². The van der Waals surface area contributed by atoms with Crippen molar-refractivity contribution in [1.82, 2.24) is 0 Å². The average Bonchev–Trinajstić information content (AvgIpc) is 2.18. The minimum Gasteiger partial charge on any atom is -0.0942 e. The van der Waals surface area contributed by atoms with Gasteiger partial charge in [0.15, 0.2) is 0 Å². The van der Waals surface area contributed by atoms with E-state index in [4.69, 9.17) is 7.85 Å². The van der Waals surface area contributed by atoms with E-state index in [-0.39, 0.29) is 0 Å². The number of hydrogen-bond donors (Lipinski definition) is 0. The highest BCUT2D eigenvalue weighted by atomic mass is 13.9. The van der Waals surface area contributed by atoms with E-state index in [0.717, 1.165) is 12.8 Å². The molecule has 0 bridgehead atoms. The molecule has 0 saturated carbocycles. The molecule has 0 N–H and O–H groups in total. The van der Waals surface area contributed by atoms with E-state index in [0.29, 0.717) is 6.32 Å². The van der Waals surface area contributed by atoms with Gasteiger partial charge in [0, 0.05) is 0 Å². The Morgan fingerprint density at radius 1 is 0.882 bits per heavy atom. The number of allylic oxidation sites excluding steroid dienone is 6. The minimum atomic E-state index is 0.667. The molecule has 0 aliphatic carbocycles. The quantitative estimate of drug-likeness (QED) is 0.425. The summed E-state index contributed by atoms with van der Waals surface area (Å²) in [5.74, 6) is 0. The van der Waals surface area contributed by atoms with Crippen LogP contribution in [0.25, 0.3) is 0 Å².